The fraction of sp³-hybridized carbons (Fsp3) is 0.235. The number of carbonyl (C=O) groups excluding carboxylic acids is 1. The zero-order valence-electron chi connectivity index (χ0n) is 12.4. The van der Waals surface area contributed by atoms with Gasteiger partial charge in [-0.15, -0.1) is 0 Å². The summed E-state index contributed by atoms with van der Waals surface area (Å²) in [7, 11) is 1.84. The number of benzene rings is 2. The first-order chi connectivity index (χ1) is 10.6. The minimum Gasteiger partial charge on any atom is -0.351 e. The van der Waals surface area contributed by atoms with Crippen molar-refractivity contribution in [2.75, 3.05) is 13.6 Å². The van der Waals surface area contributed by atoms with Crippen LogP contribution in [0.3, 0.4) is 0 Å². The highest BCUT2D eigenvalue weighted by atomic mass is 35.5. The van der Waals surface area contributed by atoms with E-state index in [0.717, 1.165) is 5.56 Å². The fourth-order valence-electron chi connectivity index (χ4n) is 2.11. The molecule has 0 atom stereocenters. The zero-order chi connectivity index (χ0) is 15.9. The smallest absolute Gasteiger partial charge is 0.234 e. The first-order valence-electron chi connectivity index (χ1n) is 6.98. The number of amides is 1. The average Bonchev–Trinajstić information content (AvgIpc) is 2.49. The number of halogens is 2. The van der Waals surface area contributed by atoms with E-state index in [-0.39, 0.29) is 24.8 Å². The van der Waals surface area contributed by atoms with Crippen molar-refractivity contribution in [3.63, 3.8) is 0 Å². The lowest BCUT2D eigenvalue weighted by molar-refractivity contribution is -0.122. The molecule has 1 amide bonds. The van der Waals surface area contributed by atoms with Crippen LogP contribution in [0.2, 0.25) is 5.02 Å². The van der Waals surface area contributed by atoms with Crippen molar-refractivity contribution < 1.29 is 9.18 Å². The number of hydrogen-bond donors (Lipinski definition) is 1. The standard InChI is InChI=1S/C17H18ClFN2O/c1-21(11-14-7-2-4-8-15(14)18)12-17(22)20-10-13-6-3-5-9-16(13)19/h2-9H,10-12H2,1H3,(H,20,22). The molecule has 2 aromatic carbocycles. The van der Waals surface area contributed by atoms with Crippen LogP contribution in [0.5, 0.6) is 0 Å². The maximum absolute atomic E-state index is 13.5. The van der Waals surface area contributed by atoms with Crippen LogP contribution in [0.4, 0.5) is 4.39 Å². The molecular weight excluding hydrogens is 303 g/mol. The Morgan fingerprint density at radius 1 is 1.14 bits per heavy atom. The highest BCUT2D eigenvalue weighted by Gasteiger charge is 2.09. The van der Waals surface area contributed by atoms with E-state index in [2.05, 4.69) is 5.32 Å². The fourth-order valence-corrected chi connectivity index (χ4v) is 2.31. The van der Waals surface area contributed by atoms with Gasteiger partial charge in [0.2, 0.25) is 5.91 Å². The number of rotatable bonds is 6. The molecule has 0 radical (unpaired) electrons. The van der Waals surface area contributed by atoms with E-state index in [1.807, 2.05) is 36.2 Å². The number of likely N-dealkylation sites (N-methyl/N-ethyl adjacent to an activating group) is 1. The molecule has 2 rings (SSSR count). The van der Waals surface area contributed by atoms with Crippen LogP contribution in [-0.2, 0) is 17.9 Å². The molecule has 3 nitrogen and oxygen atoms in total. The number of nitrogens with zero attached hydrogens (tertiary/aromatic N) is 1. The summed E-state index contributed by atoms with van der Waals surface area (Å²) < 4.78 is 13.5. The third-order valence-corrected chi connectivity index (χ3v) is 3.61. The highest BCUT2D eigenvalue weighted by molar-refractivity contribution is 6.31. The summed E-state index contributed by atoms with van der Waals surface area (Å²) in [5, 5.41) is 3.40. The van der Waals surface area contributed by atoms with Crippen molar-refractivity contribution in [2.24, 2.45) is 0 Å². The molecule has 0 aliphatic rings. The molecule has 22 heavy (non-hydrogen) atoms. The van der Waals surface area contributed by atoms with Gasteiger partial charge in [-0.25, -0.2) is 4.39 Å². The number of carbonyl (C=O) groups is 1. The average molecular weight is 321 g/mol. The first kappa shape index (κ1) is 16.5. The van der Waals surface area contributed by atoms with Crippen molar-refractivity contribution in [3.05, 3.63) is 70.5 Å². The van der Waals surface area contributed by atoms with Gasteiger partial charge in [0, 0.05) is 23.7 Å². The second-order valence-corrected chi connectivity index (χ2v) is 5.54. The van der Waals surface area contributed by atoms with E-state index < -0.39 is 0 Å². The van der Waals surface area contributed by atoms with Crippen molar-refractivity contribution in [1.29, 1.82) is 0 Å². The third kappa shape index (κ3) is 4.83. The van der Waals surface area contributed by atoms with Gasteiger partial charge in [0.25, 0.3) is 0 Å². The molecule has 0 bridgehead atoms. The first-order valence-corrected chi connectivity index (χ1v) is 7.36. The minimum atomic E-state index is -0.313. The van der Waals surface area contributed by atoms with E-state index in [1.54, 1.807) is 18.2 Å². The topological polar surface area (TPSA) is 32.3 Å². The zero-order valence-corrected chi connectivity index (χ0v) is 13.1. The number of hydrogen-bond acceptors (Lipinski definition) is 2. The molecule has 5 heteroatoms. The van der Waals surface area contributed by atoms with Crippen LogP contribution in [-0.4, -0.2) is 24.4 Å². The van der Waals surface area contributed by atoms with E-state index in [0.29, 0.717) is 17.1 Å². The Kier molecular flexibility index (Phi) is 5.92. The lowest BCUT2D eigenvalue weighted by Gasteiger charge is -2.17. The molecule has 0 unspecified atom stereocenters. The molecule has 1 N–H and O–H groups in total. The van der Waals surface area contributed by atoms with Crippen molar-refractivity contribution in [2.45, 2.75) is 13.1 Å². The predicted octanol–water partition coefficient (Wildman–Crippen LogP) is 3.23. The predicted molar refractivity (Wildman–Crippen MR) is 86.0 cm³/mol. The highest BCUT2D eigenvalue weighted by Crippen LogP contribution is 2.16. The Labute approximate surface area is 134 Å². The third-order valence-electron chi connectivity index (χ3n) is 3.25. The molecule has 116 valence electrons. The van der Waals surface area contributed by atoms with Gasteiger partial charge in [0.05, 0.1) is 6.54 Å². The lowest BCUT2D eigenvalue weighted by Crippen LogP contribution is -2.34. The van der Waals surface area contributed by atoms with E-state index in [1.165, 1.54) is 6.07 Å². The largest absolute Gasteiger partial charge is 0.351 e. The molecule has 0 aliphatic carbocycles. The van der Waals surface area contributed by atoms with Gasteiger partial charge in [-0.3, -0.25) is 9.69 Å². The van der Waals surface area contributed by atoms with Crippen molar-refractivity contribution in [3.8, 4) is 0 Å². The van der Waals surface area contributed by atoms with Gasteiger partial charge >= 0.3 is 0 Å². The van der Waals surface area contributed by atoms with Gasteiger partial charge < -0.3 is 5.32 Å². The molecule has 0 aromatic heterocycles. The Bertz CT molecular complexity index is 648. The second-order valence-electron chi connectivity index (χ2n) is 5.13. The molecule has 0 fully saturated rings. The molecule has 0 heterocycles. The maximum Gasteiger partial charge on any atom is 0.234 e. The quantitative estimate of drug-likeness (QED) is 0.886. The molecule has 0 aliphatic heterocycles. The summed E-state index contributed by atoms with van der Waals surface area (Å²) in [4.78, 5) is 13.8. The minimum absolute atomic E-state index is 0.155. The number of nitrogens with one attached hydrogen (secondary N) is 1. The molecule has 0 saturated heterocycles. The summed E-state index contributed by atoms with van der Waals surface area (Å²) in [6, 6.07) is 13.9. The normalized spacial score (nSPS) is 10.7. The van der Waals surface area contributed by atoms with Crippen LogP contribution in [0.15, 0.2) is 48.5 Å². The van der Waals surface area contributed by atoms with Gasteiger partial charge in [0.15, 0.2) is 0 Å². The van der Waals surface area contributed by atoms with E-state index >= 15 is 0 Å². The molecule has 2 aromatic rings. The SMILES string of the molecule is CN(CC(=O)NCc1ccccc1F)Cc1ccccc1Cl. The van der Waals surface area contributed by atoms with Crippen molar-refractivity contribution >= 4 is 17.5 Å². The maximum atomic E-state index is 13.5. The Balaban J connectivity index is 1.82. The summed E-state index contributed by atoms with van der Waals surface area (Å²) >= 11 is 6.09. The van der Waals surface area contributed by atoms with E-state index in [4.69, 9.17) is 11.6 Å². The van der Waals surface area contributed by atoms with Gasteiger partial charge in [0.1, 0.15) is 5.82 Å². The summed E-state index contributed by atoms with van der Waals surface area (Å²) in [6.07, 6.45) is 0. The van der Waals surface area contributed by atoms with Crippen LogP contribution in [0, 0.1) is 5.82 Å². The lowest BCUT2D eigenvalue weighted by atomic mass is 10.2. The summed E-state index contributed by atoms with van der Waals surface area (Å²) in [5.74, 6) is -0.468. The van der Waals surface area contributed by atoms with Crippen LogP contribution < -0.4 is 5.32 Å². The summed E-state index contributed by atoms with van der Waals surface area (Å²) in [5.41, 5.74) is 1.44. The Hall–Kier alpha value is -1.91. The van der Waals surface area contributed by atoms with Crippen LogP contribution >= 0.6 is 11.6 Å². The monoisotopic (exact) mass is 320 g/mol. The van der Waals surface area contributed by atoms with Crippen molar-refractivity contribution in [1.82, 2.24) is 10.2 Å². The Morgan fingerprint density at radius 3 is 2.45 bits per heavy atom. The van der Waals surface area contributed by atoms with Gasteiger partial charge in [-0.1, -0.05) is 48.0 Å². The molecular formula is C17H18ClFN2O. The van der Waals surface area contributed by atoms with Gasteiger partial charge in [-0.2, -0.15) is 0 Å². The Morgan fingerprint density at radius 2 is 1.77 bits per heavy atom. The molecule has 0 saturated carbocycles. The van der Waals surface area contributed by atoms with E-state index in [9.17, 15) is 9.18 Å². The van der Waals surface area contributed by atoms with Crippen LogP contribution in [0.25, 0.3) is 0 Å². The van der Waals surface area contributed by atoms with Gasteiger partial charge in [-0.05, 0) is 24.7 Å². The molecule has 0 spiro atoms. The van der Waals surface area contributed by atoms with Crippen LogP contribution in [0.1, 0.15) is 11.1 Å². The second kappa shape index (κ2) is 7.92. The summed E-state index contributed by atoms with van der Waals surface area (Å²) in [6.45, 7) is 0.984.